The van der Waals surface area contributed by atoms with Crippen LogP contribution >= 0.6 is 0 Å². The molecule has 1 N–H and O–H groups in total. The number of nitrogens with zero attached hydrogens (tertiary/aromatic N) is 1. The Hall–Kier alpha value is -1.56. The van der Waals surface area contributed by atoms with Gasteiger partial charge in [-0.2, -0.15) is 13.2 Å². The lowest BCUT2D eigenvalue weighted by atomic mass is 9.92. The molecule has 1 heterocycles. The van der Waals surface area contributed by atoms with Gasteiger partial charge < -0.3 is 10.0 Å². The number of hydrogen-bond donors (Lipinski definition) is 1. The fourth-order valence-corrected chi connectivity index (χ4v) is 3.48. The summed E-state index contributed by atoms with van der Waals surface area (Å²) >= 11 is 0. The van der Waals surface area contributed by atoms with Gasteiger partial charge in [-0.05, 0) is 30.4 Å². The summed E-state index contributed by atoms with van der Waals surface area (Å²) in [6, 6.07) is 5.12. The highest BCUT2D eigenvalue weighted by atomic mass is 19.4. The zero-order chi connectivity index (χ0) is 16.8. The van der Waals surface area contributed by atoms with Crippen LogP contribution in [0.5, 0.6) is 0 Å². The van der Waals surface area contributed by atoms with Gasteiger partial charge in [-0.25, -0.2) is 0 Å². The van der Waals surface area contributed by atoms with Crippen LogP contribution in [-0.2, 0) is 16.4 Å². The fraction of sp³-hybridized carbons (Fsp3) is 0.588. The van der Waals surface area contributed by atoms with E-state index in [1.165, 1.54) is 6.07 Å². The van der Waals surface area contributed by atoms with Gasteiger partial charge >= 0.3 is 6.18 Å². The quantitative estimate of drug-likeness (QED) is 0.927. The third kappa shape index (κ3) is 2.84. The first-order chi connectivity index (χ1) is 10.8. The summed E-state index contributed by atoms with van der Waals surface area (Å²) < 4.78 is 38.7. The summed E-state index contributed by atoms with van der Waals surface area (Å²) in [6.45, 7) is 3.06. The third-order valence-corrected chi connectivity index (χ3v) is 5.19. The molecule has 1 amide bonds. The van der Waals surface area contributed by atoms with E-state index in [4.69, 9.17) is 0 Å². The largest absolute Gasteiger partial charge is 0.416 e. The van der Waals surface area contributed by atoms with Gasteiger partial charge in [-0.3, -0.25) is 4.79 Å². The van der Waals surface area contributed by atoms with E-state index in [1.807, 2.05) is 6.92 Å². The molecule has 0 radical (unpaired) electrons. The number of alkyl halides is 3. The van der Waals surface area contributed by atoms with Crippen molar-refractivity contribution in [2.24, 2.45) is 11.8 Å². The molecule has 1 aromatic carbocycles. The first kappa shape index (κ1) is 16.3. The maximum Gasteiger partial charge on any atom is 0.416 e. The number of carbonyl (C=O) groups is 1. The van der Waals surface area contributed by atoms with E-state index in [2.05, 4.69) is 0 Å². The monoisotopic (exact) mass is 327 g/mol. The summed E-state index contributed by atoms with van der Waals surface area (Å²) in [4.78, 5) is 14.6. The molecule has 6 heteroatoms. The van der Waals surface area contributed by atoms with E-state index in [-0.39, 0.29) is 24.3 Å². The number of aliphatic hydroxyl groups excluding tert-OH is 1. The zero-order valence-electron chi connectivity index (χ0n) is 12.9. The van der Waals surface area contributed by atoms with Crippen LogP contribution in [0.1, 0.15) is 30.9 Å². The summed E-state index contributed by atoms with van der Waals surface area (Å²) in [5.41, 5.74) is -1.06. The summed E-state index contributed by atoms with van der Waals surface area (Å²) in [7, 11) is 0. The molecule has 0 bridgehead atoms. The number of rotatable bonds is 3. The number of benzene rings is 1. The molecule has 0 aromatic heterocycles. The zero-order valence-corrected chi connectivity index (χ0v) is 12.9. The molecule has 3 nitrogen and oxygen atoms in total. The highest BCUT2D eigenvalue weighted by Gasteiger charge is 2.54. The van der Waals surface area contributed by atoms with Gasteiger partial charge in [0.2, 0.25) is 5.91 Å². The lowest BCUT2D eigenvalue weighted by molar-refractivity contribution is -0.138. The molecule has 2 fully saturated rings. The van der Waals surface area contributed by atoms with Crippen LogP contribution < -0.4 is 0 Å². The highest BCUT2D eigenvalue weighted by Crippen LogP contribution is 2.51. The average Bonchev–Trinajstić information content (AvgIpc) is 3.24. The number of hydrogen-bond acceptors (Lipinski definition) is 2. The molecule has 1 aliphatic heterocycles. The third-order valence-electron chi connectivity index (χ3n) is 5.19. The van der Waals surface area contributed by atoms with Crippen LogP contribution in [0.4, 0.5) is 13.2 Å². The highest BCUT2D eigenvalue weighted by molar-refractivity contribution is 5.91. The first-order valence-electron chi connectivity index (χ1n) is 7.86. The van der Waals surface area contributed by atoms with Crippen LogP contribution in [0.3, 0.4) is 0 Å². The predicted molar refractivity (Wildman–Crippen MR) is 78.7 cm³/mol. The van der Waals surface area contributed by atoms with Gasteiger partial charge in [0.05, 0.1) is 11.0 Å². The SMILES string of the molecule is C[C@@H]1CN(C(=O)C2(c3cccc(C(F)(F)F)c3)CC2)C[C@H]1CO. The van der Waals surface area contributed by atoms with Gasteiger partial charge in [-0.15, -0.1) is 0 Å². The number of halogens is 3. The van der Waals surface area contributed by atoms with Crippen LogP contribution in [-0.4, -0.2) is 35.6 Å². The minimum Gasteiger partial charge on any atom is -0.396 e. The Kier molecular flexibility index (Phi) is 3.91. The molecule has 1 aliphatic carbocycles. The molecule has 126 valence electrons. The minimum atomic E-state index is -4.40. The number of amides is 1. The van der Waals surface area contributed by atoms with Gasteiger partial charge in [0.1, 0.15) is 0 Å². The van der Waals surface area contributed by atoms with E-state index >= 15 is 0 Å². The van der Waals surface area contributed by atoms with Gasteiger partial charge in [0, 0.05) is 25.6 Å². The molecule has 0 unspecified atom stereocenters. The van der Waals surface area contributed by atoms with Crippen molar-refractivity contribution in [2.75, 3.05) is 19.7 Å². The molecule has 2 aliphatic rings. The summed E-state index contributed by atoms with van der Waals surface area (Å²) in [5.74, 6) is 0.164. The minimum absolute atomic E-state index is 0.0293. The average molecular weight is 327 g/mol. The molecule has 2 atom stereocenters. The smallest absolute Gasteiger partial charge is 0.396 e. The van der Waals surface area contributed by atoms with E-state index < -0.39 is 17.2 Å². The van der Waals surface area contributed by atoms with Crippen molar-refractivity contribution in [3.8, 4) is 0 Å². The van der Waals surface area contributed by atoms with Crippen LogP contribution in [0, 0.1) is 11.8 Å². The van der Waals surface area contributed by atoms with Crippen LogP contribution in [0.15, 0.2) is 24.3 Å². The first-order valence-corrected chi connectivity index (χ1v) is 7.86. The second kappa shape index (κ2) is 5.51. The lowest BCUT2D eigenvalue weighted by Gasteiger charge is -2.24. The summed E-state index contributed by atoms with van der Waals surface area (Å²) in [6.07, 6.45) is -3.23. The van der Waals surface area contributed by atoms with E-state index in [0.717, 1.165) is 12.1 Å². The molecular weight excluding hydrogens is 307 g/mol. The molecule has 1 saturated carbocycles. The Morgan fingerprint density at radius 2 is 2.04 bits per heavy atom. The Labute approximate surface area is 133 Å². The molecule has 3 rings (SSSR count). The Morgan fingerprint density at radius 1 is 1.35 bits per heavy atom. The molecule has 1 aromatic rings. The van der Waals surface area contributed by atoms with Crippen molar-refractivity contribution < 1.29 is 23.1 Å². The number of likely N-dealkylation sites (tertiary alicyclic amines) is 1. The predicted octanol–water partition coefficient (Wildman–Crippen LogP) is 2.82. The molecule has 1 saturated heterocycles. The maximum atomic E-state index is 12.9. The van der Waals surface area contributed by atoms with Crippen molar-refractivity contribution >= 4 is 5.91 Å². The lowest BCUT2D eigenvalue weighted by Crippen LogP contribution is -2.38. The van der Waals surface area contributed by atoms with Gasteiger partial charge in [-0.1, -0.05) is 25.1 Å². The topological polar surface area (TPSA) is 40.5 Å². The van der Waals surface area contributed by atoms with Crippen molar-refractivity contribution in [3.63, 3.8) is 0 Å². The second-order valence-electron chi connectivity index (χ2n) is 6.79. The van der Waals surface area contributed by atoms with Gasteiger partial charge in [0.15, 0.2) is 0 Å². The standard InChI is InChI=1S/C17H20F3NO2/c1-11-8-21(9-12(11)10-22)15(23)16(5-6-16)13-3-2-4-14(7-13)17(18,19)20/h2-4,7,11-12,22H,5-6,8-10H2,1H3/t11-,12+/m1/s1. The van der Waals surface area contributed by atoms with Gasteiger partial charge in [0.25, 0.3) is 0 Å². The number of carbonyl (C=O) groups excluding carboxylic acids is 1. The Morgan fingerprint density at radius 3 is 2.57 bits per heavy atom. The van der Waals surface area contributed by atoms with Crippen LogP contribution in [0.2, 0.25) is 0 Å². The van der Waals surface area contributed by atoms with Crippen LogP contribution in [0.25, 0.3) is 0 Å². The molecular formula is C17H20F3NO2. The van der Waals surface area contributed by atoms with E-state index in [0.29, 0.717) is 31.5 Å². The molecule has 0 spiro atoms. The summed E-state index contributed by atoms with van der Waals surface area (Å²) in [5, 5.41) is 9.33. The van der Waals surface area contributed by atoms with E-state index in [9.17, 15) is 23.1 Å². The Bertz CT molecular complexity index is 610. The normalized spacial score (nSPS) is 26.4. The van der Waals surface area contributed by atoms with Crippen molar-refractivity contribution in [1.82, 2.24) is 4.90 Å². The van der Waals surface area contributed by atoms with Crippen molar-refractivity contribution in [2.45, 2.75) is 31.4 Å². The van der Waals surface area contributed by atoms with Crippen molar-refractivity contribution in [1.29, 1.82) is 0 Å². The maximum absolute atomic E-state index is 12.9. The number of aliphatic hydroxyl groups is 1. The second-order valence-corrected chi connectivity index (χ2v) is 6.79. The Balaban J connectivity index is 1.84. The fourth-order valence-electron chi connectivity index (χ4n) is 3.48. The molecule has 23 heavy (non-hydrogen) atoms. The van der Waals surface area contributed by atoms with Crippen molar-refractivity contribution in [3.05, 3.63) is 35.4 Å². The van der Waals surface area contributed by atoms with E-state index in [1.54, 1.807) is 11.0 Å².